The molecule has 0 saturated heterocycles. The van der Waals surface area contributed by atoms with E-state index in [1.165, 1.54) is 5.56 Å². The Morgan fingerprint density at radius 1 is 0.879 bits per heavy atom. The number of ether oxygens (including phenoxy) is 4. The summed E-state index contributed by atoms with van der Waals surface area (Å²) in [4.78, 5) is 17.5. The number of methoxy groups -OCH3 is 4. The molecule has 0 fully saturated rings. The molecule has 1 amide bonds. The molecule has 2 aromatic rings. The fourth-order valence-corrected chi connectivity index (χ4v) is 4.36. The molecule has 0 atom stereocenters. The number of hydrogen-bond donors (Lipinski definition) is 0. The first-order valence-corrected chi connectivity index (χ1v) is 11.2. The molecular weight excluding hydrogens is 420 g/mol. The standard InChI is InChI=1S/C26H36N2O5/c1-26(2)17-28(25(29)19-15-23(32-6)24(33-7)16-20(19)26)13-12-27(3)11-10-18-8-9-21(30-4)22(14-18)31-5/h8-9,14-16H,10-13,17H2,1-7H3. The third-order valence-electron chi connectivity index (χ3n) is 6.34. The molecular formula is C26H36N2O5. The highest BCUT2D eigenvalue weighted by atomic mass is 16.5. The van der Waals surface area contributed by atoms with E-state index in [1.807, 2.05) is 29.2 Å². The third-order valence-corrected chi connectivity index (χ3v) is 6.34. The Balaban J connectivity index is 1.64. The molecule has 0 aromatic heterocycles. The smallest absolute Gasteiger partial charge is 0.254 e. The van der Waals surface area contributed by atoms with Gasteiger partial charge < -0.3 is 28.7 Å². The van der Waals surface area contributed by atoms with Crippen LogP contribution in [0.3, 0.4) is 0 Å². The number of amides is 1. The predicted octanol–water partition coefficient (Wildman–Crippen LogP) is 3.63. The number of carbonyl (C=O) groups excluding carboxylic acids is 1. The van der Waals surface area contributed by atoms with Crippen LogP contribution in [0.5, 0.6) is 23.0 Å². The van der Waals surface area contributed by atoms with Crippen molar-refractivity contribution in [3.05, 3.63) is 47.0 Å². The molecule has 0 spiro atoms. The van der Waals surface area contributed by atoms with Gasteiger partial charge in [-0.2, -0.15) is 0 Å². The molecule has 0 radical (unpaired) electrons. The number of rotatable bonds is 10. The Bertz CT molecular complexity index is 989. The van der Waals surface area contributed by atoms with Crippen molar-refractivity contribution in [2.75, 3.05) is 61.7 Å². The summed E-state index contributed by atoms with van der Waals surface area (Å²) in [5.74, 6) is 2.74. The monoisotopic (exact) mass is 456 g/mol. The predicted molar refractivity (Wildman–Crippen MR) is 129 cm³/mol. The number of likely N-dealkylation sites (N-methyl/N-ethyl adjacent to an activating group) is 1. The van der Waals surface area contributed by atoms with Crippen molar-refractivity contribution in [1.82, 2.24) is 9.80 Å². The van der Waals surface area contributed by atoms with Crippen LogP contribution in [0, 0.1) is 0 Å². The average molecular weight is 457 g/mol. The van der Waals surface area contributed by atoms with Gasteiger partial charge in [0.15, 0.2) is 23.0 Å². The summed E-state index contributed by atoms with van der Waals surface area (Å²) in [5, 5.41) is 0. The van der Waals surface area contributed by atoms with Gasteiger partial charge in [0.05, 0.1) is 28.4 Å². The molecule has 2 aromatic carbocycles. The Morgan fingerprint density at radius 3 is 2.12 bits per heavy atom. The molecule has 0 aliphatic carbocycles. The highest BCUT2D eigenvalue weighted by Gasteiger charge is 2.37. The van der Waals surface area contributed by atoms with Crippen molar-refractivity contribution in [3.8, 4) is 23.0 Å². The van der Waals surface area contributed by atoms with Gasteiger partial charge in [0.25, 0.3) is 5.91 Å². The zero-order valence-corrected chi connectivity index (χ0v) is 20.9. The fraction of sp³-hybridized carbons (Fsp3) is 0.500. The van der Waals surface area contributed by atoms with E-state index in [4.69, 9.17) is 18.9 Å². The summed E-state index contributed by atoms with van der Waals surface area (Å²) in [6.45, 7) is 7.33. The van der Waals surface area contributed by atoms with Gasteiger partial charge in [-0.25, -0.2) is 0 Å². The number of nitrogens with zero attached hydrogens (tertiary/aromatic N) is 2. The quantitative estimate of drug-likeness (QED) is 0.544. The van der Waals surface area contributed by atoms with Crippen LogP contribution in [0.25, 0.3) is 0 Å². The van der Waals surface area contributed by atoms with Gasteiger partial charge in [0.1, 0.15) is 0 Å². The number of carbonyl (C=O) groups is 1. The van der Waals surface area contributed by atoms with E-state index in [2.05, 4.69) is 31.9 Å². The van der Waals surface area contributed by atoms with Crippen LogP contribution in [-0.4, -0.2) is 77.4 Å². The molecule has 33 heavy (non-hydrogen) atoms. The zero-order valence-electron chi connectivity index (χ0n) is 20.9. The number of hydrogen-bond acceptors (Lipinski definition) is 6. The molecule has 1 heterocycles. The minimum absolute atomic E-state index is 0.0403. The average Bonchev–Trinajstić information content (AvgIpc) is 2.82. The summed E-state index contributed by atoms with van der Waals surface area (Å²) < 4.78 is 21.6. The lowest BCUT2D eigenvalue weighted by molar-refractivity contribution is 0.0670. The van der Waals surface area contributed by atoms with E-state index >= 15 is 0 Å². The molecule has 1 aliphatic heterocycles. The topological polar surface area (TPSA) is 60.5 Å². The maximum absolute atomic E-state index is 13.3. The van der Waals surface area contributed by atoms with Crippen LogP contribution in [0.2, 0.25) is 0 Å². The minimum atomic E-state index is -0.180. The molecule has 3 rings (SSSR count). The van der Waals surface area contributed by atoms with Crippen LogP contribution in [0.15, 0.2) is 30.3 Å². The molecule has 0 unspecified atom stereocenters. The van der Waals surface area contributed by atoms with Gasteiger partial charge in [-0.15, -0.1) is 0 Å². The number of benzene rings is 2. The van der Waals surface area contributed by atoms with Gasteiger partial charge in [-0.1, -0.05) is 19.9 Å². The first-order valence-electron chi connectivity index (χ1n) is 11.2. The first kappa shape index (κ1) is 24.7. The largest absolute Gasteiger partial charge is 0.493 e. The van der Waals surface area contributed by atoms with Crippen LogP contribution >= 0.6 is 0 Å². The van der Waals surface area contributed by atoms with Gasteiger partial charge in [-0.3, -0.25) is 4.79 Å². The fourth-order valence-electron chi connectivity index (χ4n) is 4.36. The zero-order chi connectivity index (χ0) is 24.2. The van der Waals surface area contributed by atoms with Crippen molar-refractivity contribution in [2.45, 2.75) is 25.7 Å². The van der Waals surface area contributed by atoms with E-state index in [0.717, 1.165) is 36.6 Å². The minimum Gasteiger partial charge on any atom is -0.493 e. The molecule has 7 heteroatoms. The molecule has 0 N–H and O–H groups in total. The lowest BCUT2D eigenvalue weighted by Crippen LogP contribution is -2.49. The second-order valence-electron chi connectivity index (χ2n) is 9.11. The Morgan fingerprint density at radius 2 is 1.48 bits per heavy atom. The van der Waals surface area contributed by atoms with Crippen LogP contribution in [0.4, 0.5) is 0 Å². The highest BCUT2D eigenvalue weighted by Crippen LogP contribution is 2.40. The van der Waals surface area contributed by atoms with E-state index in [0.29, 0.717) is 30.2 Å². The maximum Gasteiger partial charge on any atom is 0.254 e. The van der Waals surface area contributed by atoms with Crippen LogP contribution in [0.1, 0.15) is 35.3 Å². The van der Waals surface area contributed by atoms with Gasteiger partial charge in [0, 0.05) is 37.2 Å². The first-order chi connectivity index (χ1) is 15.7. The summed E-state index contributed by atoms with van der Waals surface area (Å²) in [6.07, 6.45) is 0.885. The van der Waals surface area contributed by atoms with Crippen molar-refractivity contribution in [1.29, 1.82) is 0 Å². The third kappa shape index (κ3) is 5.36. The van der Waals surface area contributed by atoms with Crippen molar-refractivity contribution < 1.29 is 23.7 Å². The van der Waals surface area contributed by atoms with Gasteiger partial charge >= 0.3 is 0 Å². The highest BCUT2D eigenvalue weighted by molar-refractivity contribution is 5.98. The Labute approximate surface area is 197 Å². The second-order valence-corrected chi connectivity index (χ2v) is 9.11. The SMILES string of the molecule is COc1ccc(CCN(C)CCN2CC(C)(C)c3cc(OC)c(OC)cc3C2=O)cc1OC. The van der Waals surface area contributed by atoms with Crippen LogP contribution in [-0.2, 0) is 11.8 Å². The summed E-state index contributed by atoms with van der Waals surface area (Å²) in [6, 6.07) is 9.76. The van der Waals surface area contributed by atoms with Crippen molar-refractivity contribution in [2.24, 2.45) is 0 Å². The van der Waals surface area contributed by atoms with E-state index in [-0.39, 0.29) is 11.3 Å². The van der Waals surface area contributed by atoms with Crippen molar-refractivity contribution in [3.63, 3.8) is 0 Å². The van der Waals surface area contributed by atoms with Crippen LogP contribution < -0.4 is 18.9 Å². The summed E-state index contributed by atoms with van der Waals surface area (Å²) >= 11 is 0. The van der Waals surface area contributed by atoms with E-state index in [1.54, 1.807) is 28.4 Å². The van der Waals surface area contributed by atoms with E-state index in [9.17, 15) is 4.79 Å². The van der Waals surface area contributed by atoms with Crippen molar-refractivity contribution >= 4 is 5.91 Å². The summed E-state index contributed by atoms with van der Waals surface area (Å²) in [5.41, 5.74) is 2.70. The molecule has 0 saturated carbocycles. The van der Waals surface area contributed by atoms with Gasteiger partial charge in [-0.05, 0) is 48.9 Å². The summed E-state index contributed by atoms with van der Waals surface area (Å²) in [7, 11) is 8.58. The maximum atomic E-state index is 13.3. The molecule has 1 aliphatic rings. The Kier molecular flexibility index (Phi) is 7.74. The van der Waals surface area contributed by atoms with Gasteiger partial charge in [0.2, 0.25) is 0 Å². The second kappa shape index (κ2) is 10.3. The molecule has 7 nitrogen and oxygen atoms in total. The molecule has 0 bridgehead atoms. The lowest BCUT2D eigenvalue weighted by atomic mass is 9.77. The lowest BCUT2D eigenvalue weighted by Gasteiger charge is -2.40. The molecule has 180 valence electrons. The van der Waals surface area contributed by atoms with E-state index < -0.39 is 0 Å². The normalized spacial score (nSPS) is 14.8. The number of fused-ring (bicyclic) bond motifs is 1. The Hall–Kier alpha value is -2.93.